The molecule has 1 saturated carbocycles. The predicted molar refractivity (Wildman–Crippen MR) is 103 cm³/mol. The highest BCUT2D eigenvalue weighted by atomic mass is 32.2. The average molecular weight is 406 g/mol. The highest BCUT2D eigenvalue weighted by Crippen LogP contribution is 2.36. The van der Waals surface area contributed by atoms with Gasteiger partial charge in [0, 0.05) is 23.7 Å². The summed E-state index contributed by atoms with van der Waals surface area (Å²) < 4.78 is 30.4. The van der Waals surface area contributed by atoms with Crippen molar-refractivity contribution in [1.82, 2.24) is 18.8 Å². The van der Waals surface area contributed by atoms with Gasteiger partial charge in [-0.1, -0.05) is 0 Å². The van der Waals surface area contributed by atoms with E-state index in [4.69, 9.17) is 0 Å². The zero-order chi connectivity index (χ0) is 19.4. The summed E-state index contributed by atoms with van der Waals surface area (Å²) in [5.41, 5.74) is 0.628. The normalized spacial score (nSPS) is 15.9. The molecule has 1 aromatic carbocycles. The van der Waals surface area contributed by atoms with E-state index >= 15 is 0 Å². The Labute approximate surface area is 159 Å². The van der Waals surface area contributed by atoms with Gasteiger partial charge in [0.15, 0.2) is 0 Å². The molecule has 0 atom stereocenters. The minimum absolute atomic E-state index is 0.0169. The fraction of sp³-hybridized carbons (Fsp3) is 0.353. The highest BCUT2D eigenvalue weighted by molar-refractivity contribution is 7.89. The molecule has 8 nitrogen and oxygen atoms in total. The molecule has 4 rings (SSSR count). The summed E-state index contributed by atoms with van der Waals surface area (Å²) in [4.78, 5) is 30.2. The summed E-state index contributed by atoms with van der Waals surface area (Å²) >= 11 is 1.34. The predicted octanol–water partition coefficient (Wildman–Crippen LogP) is 1.04. The van der Waals surface area contributed by atoms with Crippen LogP contribution < -0.4 is 16.0 Å². The van der Waals surface area contributed by atoms with Crippen molar-refractivity contribution >= 4 is 32.3 Å². The second kappa shape index (κ2) is 6.11. The van der Waals surface area contributed by atoms with Crippen LogP contribution in [0.15, 0.2) is 44.4 Å². The van der Waals surface area contributed by atoms with E-state index in [0.29, 0.717) is 5.52 Å². The smallest absolute Gasteiger partial charge is 0.296 e. The fourth-order valence-corrected chi connectivity index (χ4v) is 5.02. The van der Waals surface area contributed by atoms with Crippen molar-refractivity contribution < 1.29 is 8.42 Å². The Kier molecular flexibility index (Phi) is 4.09. The zero-order valence-corrected chi connectivity index (χ0v) is 16.4. The lowest BCUT2D eigenvalue weighted by atomic mass is 10.2. The Morgan fingerprint density at radius 3 is 2.67 bits per heavy atom. The Morgan fingerprint density at radius 1 is 1.30 bits per heavy atom. The number of fused-ring (bicyclic) bond motifs is 1. The SMILES string of the molecule is Cn1c(=O)n(Cc2cncs2)c(=O)c2cc(S(=O)(=O)NC3(C)CC3)ccc21. The topological polar surface area (TPSA) is 103 Å². The number of aryl methyl sites for hydroxylation is 1. The third-order valence-corrected chi connectivity index (χ3v) is 7.21. The largest absolute Gasteiger partial charge is 0.331 e. The van der Waals surface area contributed by atoms with Crippen LogP contribution in [0, 0.1) is 0 Å². The first-order chi connectivity index (χ1) is 12.7. The molecule has 0 bridgehead atoms. The molecule has 0 spiro atoms. The molecule has 142 valence electrons. The maximum Gasteiger partial charge on any atom is 0.331 e. The first-order valence-electron chi connectivity index (χ1n) is 8.35. The van der Waals surface area contributed by atoms with Gasteiger partial charge in [-0.25, -0.2) is 17.9 Å². The highest BCUT2D eigenvalue weighted by Gasteiger charge is 2.41. The number of benzene rings is 1. The minimum atomic E-state index is -3.74. The average Bonchev–Trinajstić information content (AvgIpc) is 3.12. The number of nitrogens with one attached hydrogen (secondary N) is 1. The van der Waals surface area contributed by atoms with E-state index in [1.165, 1.54) is 34.1 Å². The molecule has 0 saturated heterocycles. The number of hydrogen-bond donors (Lipinski definition) is 1. The maximum absolute atomic E-state index is 12.9. The maximum atomic E-state index is 12.9. The van der Waals surface area contributed by atoms with E-state index in [1.54, 1.807) is 18.8 Å². The van der Waals surface area contributed by atoms with Crippen molar-refractivity contribution in [2.45, 2.75) is 36.7 Å². The summed E-state index contributed by atoms with van der Waals surface area (Å²) in [5, 5.41) is 0.186. The van der Waals surface area contributed by atoms with Gasteiger partial charge in [-0.05, 0) is 38.0 Å². The van der Waals surface area contributed by atoms with Gasteiger partial charge in [0.2, 0.25) is 10.0 Å². The van der Waals surface area contributed by atoms with Crippen LogP contribution in [0.3, 0.4) is 0 Å². The van der Waals surface area contributed by atoms with E-state index < -0.39 is 26.8 Å². The summed E-state index contributed by atoms with van der Waals surface area (Å²) in [6.07, 6.45) is 3.17. The van der Waals surface area contributed by atoms with E-state index in [-0.39, 0.29) is 16.8 Å². The summed E-state index contributed by atoms with van der Waals surface area (Å²) in [5.74, 6) is 0. The molecule has 0 radical (unpaired) electrons. The number of hydrogen-bond acceptors (Lipinski definition) is 6. The molecule has 0 unspecified atom stereocenters. The molecule has 3 aromatic rings. The molecule has 2 aromatic heterocycles. The standard InChI is InChI=1S/C17H18N4O4S2/c1-17(5-6-17)19-27(24,25)12-3-4-14-13(7-12)15(22)21(16(23)20(14)2)9-11-8-18-10-26-11/h3-4,7-8,10,19H,5-6,9H2,1-2H3. The number of thiazole rings is 1. The molecule has 0 amide bonds. The van der Waals surface area contributed by atoms with Crippen molar-refractivity contribution in [1.29, 1.82) is 0 Å². The lowest BCUT2D eigenvalue weighted by Gasteiger charge is -2.14. The number of rotatable bonds is 5. The van der Waals surface area contributed by atoms with Crippen LogP contribution in [0.4, 0.5) is 0 Å². The zero-order valence-electron chi connectivity index (χ0n) is 14.8. The first-order valence-corrected chi connectivity index (χ1v) is 10.7. The van der Waals surface area contributed by atoms with E-state index in [2.05, 4.69) is 9.71 Å². The quantitative estimate of drug-likeness (QED) is 0.682. The lowest BCUT2D eigenvalue weighted by molar-refractivity contribution is 0.558. The van der Waals surface area contributed by atoms with E-state index in [1.807, 2.05) is 6.92 Å². The van der Waals surface area contributed by atoms with Crippen LogP contribution >= 0.6 is 11.3 Å². The van der Waals surface area contributed by atoms with Gasteiger partial charge in [0.25, 0.3) is 5.56 Å². The molecule has 1 aliphatic rings. The first kappa shape index (κ1) is 18.1. The van der Waals surface area contributed by atoms with Gasteiger partial charge < -0.3 is 0 Å². The van der Waals surface area contributed by atoms with Crippen LogP contribution in [0.25, 0.3) is 10.9 Å². The molecular formula is C17H18N4O4S2. The van der Waals surface area contributed by atoms with Crippen LogP contribution in [0.1, 0.15) is 24.6 Å². The summed E-state index contributed by atoms with van der Waals surface area (Å²) in [6, 6.07) is 4.26. The second-order valence-corrected chi connectivity index (χ2v) is 9.70. The number of aromatic nitrogens is 3. The van der Waals surface area contributed by atoms with Crippen LogP contribution in [-0.4, -0.2) is 28.1 Å². The number of sulfonamides is 1. The molecule has 1 aliphatic carbocycles. The summed E-state index contributed by atoms with van der Waals surface area (Å²) in [6.45, 7) is 1.94. The molecular weight excluding hydrogens is 388 g/mol. The Morgan fingerprint density at radius 2 is 2.04 bits per heavy atom. The molecule has 1 fully saturated rings. The molecule has 1 N–H and O–H groups in total. The van der Waals surface area contributed by atoms with Crippen molar-refractivity contribution in [3.8, 4) is 0 Å². The van der Waals surface area contributed by atoms with E-state index in [0.717, 1.165) is 22.3 Å². The molecule has 27 heavy (non-hydrogen) atoms. The number of nitrogens with zero attached hydrogens (tertiary/aromatic N) is 3. The van der Waals surface area contributed by atoms with Gasteiger partial charge in [0.1, 0.15) is 0 Å². The van der Waals surface area contributed by atoms with Crippen molar-refractivity contribution in [3.63, 3.8) is 0 Å². The molecule has 0 aliphatic heterocycles. The fourth-order valence-electron chi connectivity index (χ4n) is 2.95. The van der Waals surface area contributed by atoms with Gasteiger partial charge in [-0.3, -0.25) is 18.9 Å². The van der Waals surface area contributed by atoms with Gasteiger partial charge in [-0.15, -0.1) is 11.3 Å². The third kappa shape index (κ3) is 3.24. The Hall–Kier alpha value is -2.30. The van der Waals surface area contributed by atoms with Crippen LogP contribution in [0.5, 0.6) is 0 Å². The van der Waals surface area contributed by atoms with E-state index in [9.17, 15) is 18.0 Å². The van der Waals surface area contributed by atoms with Gasteiger partial charge >= 0.3 is 5.69 Å². The van der Waals surface area contributed by atoms with Crippen molar-refractivity contribution in [2.24, 2.45) is 7.05 Å². The third-order valence-electron chi connectivity index (χ3n) is 4.81. The minimum Gasteiger partial charge on any atom is -0.296 e. The van der Waals surface area contributed by atoms with Crippen molar-refractivity contribution in [3.05, 3.63) is 55.6 Å². The lowest BCUT2D eigenvalue weighted by Crippen LogP contribution is -2.39. The van der Waals surface area contributed by atoms with Crippen LogP contribution in [-0.2, 0) is 23.6 Å². The molecule has 2 heterocycles. The van der Waals surface area contributed by atoms with Gasteiger partial charge in [0.05, 0.1) is 27.9 Å². The van der Waals surface area contributed by atoms with Crippen LogP contribution in [0.2, 0.25) is 0 Å². The Balaban J connectivity index is 1.87. The monoisotopic (exact) mass is 406 g/mol. The summed E-state index contributed by atoms with van der Waals surface area (Å²) in [7, 11) is -2.18. The van der Waals surface area contributed by atoms with Crippen molar-refractivity contribution in [2.75, 3.05) is 0 Å². The Bertz CT molecular complexity index is 1250. The van der Waals surface area contributed by atoms with Gasteiger partial charge in [-0.2, -0.15) is 0 Å². The molecule has 10 heteroatoms. The second-order valence-electron chi connectivity index (χ2n) is 7.05.